The second kappa shape index (κ2) is 4.93. The van der Waals surface area contributed by atoms with Crippen LogP contribution in [0.5, 0.6) is 0 Å². The quantitative estimate of drug-likeness (QED) is 0.844. The van der Waals surface area contributed by atoms with Crippen molar-refractivity contribution in [1.82, 2.24) is 15.5 Å². The normalized spacial score (nSPS) is 27.2. The van der Waals surface area contributed by atoms with Gasteiger partial charge in [0.25, 0.3) is 0 Å². The highest BCUT2D eigenvalue weighted by Crippen LogP contribution is 2.29. The molecule has 2 rings (SSSR count). The van der Waals surface area contributed by atoms with Crippen LogP contribution in [0.4, 0.5) is 0 Å². The summed E-state index contributed by atoms with van der Waals surface area (Å²) in [5, 5.41) is 11.4. The smallest absolute Gasteiger partial charge is 0.233 e. The van der Waals surface area contributed by atoms with Gasteiger partial charge in [0.2, 0.25) is 11.8 Å². The lowest BCUT2D eigenvalue weighted by Gasteiger charge is -2.07. The number of rotatable bonds is 4. The Kier molecular flexibility index (Phi) is 3.56. The van der Waals surface area contributed by atoms with Crippen molar-refractivity contribution in [3.8, 4) is 0 Å². The van der Waals surface area contributed by atoms with Crippen molar-refractivity contribution in [1.29, 1.82) is 0 Å². The molecule has 16 heavy (non-hydrogen) atoms. The first-order chi connectivity index (χ1) is 7.74. The van der Waals surface area contributed by atoms with Crippen LogP contribution in [0.1, 0.15) is 50.4 Å². The Hall–Kier alpha value is -0.940. The van der Waals surface area contributed by atoms with Crippen LogP contribution in [-0.2, 0) is 4.74 Å². The van der Waals surface area contributed by atoms with E-state index in [1.807, 2.05) is 7.05 Å². The van der Waals surface area contributed by atoms with Gasteiger partial charge in [-0.15, -0.1) is 10.2 Å². The van der Waals surface area contributed by atoms with Gasteiger partial charge in [-0.05, 0) is 26.8 Å². The molecule has 2 heterocycles. The zero-order valence-corrected chi connectivity index (χ0v) is 10.1. The van der Waals surface area contributed by atoms with E-state index in [0.717, 1.165) is 12.8 Å². The fourth-order valence-corrected chi connectivity index (χ4v) is 2.04. The van der Waals surface area contributed by atoms with Crippen molar-refractivity contribution in [3.05, 3.63) is 11.8 Å². The van der Waals surface area contributed by atoms with Crippen molar-refractivity contribution in [2.75, 3.05) is 13.7 Å². The number of nitrogens with zero attached hydrogens (tertiary/aromatic N) is 2. The fourth-order valence-electron chi connectivity index (χ4n) is 2.04. The lowest BCUT2D eigenvalue weighted by molar-refractivity contribution is 0.122. The monoisotopic (exact) mass is 225 g/mol. The molecule has 0 saturated carbocycles. The number of aromatic nitrogens is 2. The predicted octanol–water partition coefficient (Wildman–Crippen LogP) is 1.63. The van der Waals surface area contributed by atoms with Crippen LogP contribution in [0.2, 0.25) is 0 Å². The van der Waals surface area contributed by atoms with E-state index in [9.17, 15) is 0 Å². The summed E-state index contributed by atoms with van der Waals surface area (Å²) in [6.45, 7) is 4.85. The topological polar surface area (TPSA) is 60.2 Å². The molecule has 1 N–H and O–H groups in total. The molecule has 0 aromatic carbocycles. The van der Waals surface area contributed by atoms with E-state index in [-0.39, 0.29) is 12.0 Å². The lowest BCUT2D eigenvalue weighted by Crippen LogP contribution is -2.15. The number of ether oxygens (including phenoxy) is 1. The van der Waals surface area contributed by atoms with E-state index in [0.29, 0.717) is 24.5 Å². The molecule has 1 aliphatic rings. The minimum absolute atomic E-state index is 0.154. The van der Waals surface area contributed by atoms with Gasteiger partial charge in [-0.25, -0.2) is 0 Å². The first-order valence-electron chi connectivity index (χ1n) is 5.86. The molecule has 0 bridgehead atoms. The number of nitrogens with one attached hydrogen (secondary N) is 1. The number of hydrogen-bond acceptors (Lipinski definition) is 5. The molecule has 3 atom stereocenters. The average Bonchev–Trinajstić information content (AvgIpc) is 2.89. The van der Waals surface area contributed by atoms with E-state index >= 15 is 0 Å². The van der Waals surface area contributed by atoms with Crippen LogP contribution >= 0.6 is 0 Å². The van der Waals surface area contributed by atoms with E-state index in [1.165, 1.54) is 0 Å². The summed E-state index contributed by atoms with van der Waals surface area (Å²) in [4.78, 5) is 0. The van der Waals surface area contributed by atoms with Gasteiger partial charge in [0.15, 0.2) is 0 Å². The molecule has 1 aliphatic heterocycles. The molecule has 5 heteroatoms. The van der Waals surface area contributed by atoms with Gasteiger partial charge in [-0.1, -0.05) is 6.92 Å². The van der Waals surface area contributed by atoms with Crippen molar-refractivity contribution in [3.63, 3.8) is 0 Å². The molecule has 90 valence electrons. The summed E-state index contributed by atoms with van der Waals surface area (Å²) in [5.74, 6) is 1.67. The highest BCUT2D eigenvalue weighted by molar-refractivity contribution is 4.97. The Balaban J connectivity index is 2.07. The Bertz CT molecular complexity index is 336. The summed E-state index contributed by atoms with van der Waals surface area (Å²) in [7, 11) is 1.90. The van der Waals surface area contributed by atoms with Crippen LogP contribution < -0.4 is 5.32 Å². The van der Waals surface area contributed by atoms with E-state index in [2.05, 4.69) is 29.4 Å². The molecule has 3 unspecified atom stereocenters. The largest absolute Gasteiger partial charge is 0.423 e. The van der Waals surface area contributed by atoms with Gasteiger partial charge in [-0.2, -0.15) is 0 Å². The highest BCUT2D eigenvalue weighted by atomic mass is 16.5. The Morgan fingerprint density at radius 1 is 1.50 bits per heavy atom. The van der Waals surface area contributed by atoms with Crippen LogP contribution in [0.25, 0.3) is 0 Å². The molecule has 1 saturated heterocycles. The molecule has 0 spiro atoms. The summed E-state index contributed by atoms with van der Waals surface area (Å²) in [5.41, 5.74) is 0. The standard InChI is InChI=1S/C11H19N3O2/c1-4-9(12-3)11-14-13-10(16-11)8-5-7(2)15-6-8/h7-9,12H,4-6H2,1-3H3. The van der Waals surface area contributed by atoms with Crippen molar-refractivity contribution in [2.24, 2.45) is 0 Å². The predicted molar refractivity (Wildman–Crippen MR) is 59.2 cm³/mol. The van der Waals surface area contributed by atoms with Gasteiger partial charge in [0.1, 0.15) is 0 Å². The van der Waals surface area contributed by atoms with Gasteiger partial charge in [0, 0.05) is 0 Å². The molecule has 1 fully saturated rings. The molecular weight excluding hydrogens is 206 g/mol. The minimum atomic E-state index is 0.154. The highest BCUT2D eigenvalue weighted by Gasteiger charge is 2.28. The van der Waals surface area contributed by atoms with Gasteiger partial charge < -0.3 is 14.5 Å². The van der Waals surface area contributed by atoms with E-state index < -0.39 is 0 Å². The maximum absolute atomic E-state index is 5.70. The average molecular weight is 225 g/mol. The SMILES string of the molecule is CCC(NC)c1nnc(C2COC(C)C2)o1. The van der Waals surface area contributed by atoms with Crippen LogP contribution in [0, 0.1) is 0 Å². The number of hydrogen-bond donors (Lipinski definition) is 1. The zero-order valence-electron chi connectivity index (χ0n) is 10.1. The van der Waals surface area contributed by atoms with Crippen molar-refractivity contribution < 1.29 is 9.15 Å². The van der Waals surface area contributed by atoms with Gasteiger partial charge in [0.05, 0.1) is 24.7 Å². The third-order valence-electron chi connectivity index (χ3n) is 3.06. The Morgan fingerprint density at radius 2 is 2.31 bits per heavy atom. The Morgan fingerprint density at radius 3 is 2.88 bits per heavy atom. The van der Waals surface area contributed by atoms with E-state index in [1.54, 1.807) is 0 Å². The first kappa shape index (κ1) is 11.5. The molecule has 1 aromatic rings. The summed E-state index contributed by atoms with van der Waals surface area (Å²) in [6, 6.07) is 0.154. The molecule has 0 amide bonds. The third kappa shape index (κ3) is 2.25. The maximum Gasteiger partial charge on any atom is 0.233 e. The molecule has 0 radical (unpaired) electrons. The van der Waals surface area contributed by atoms with E-state index in [4.69, 9.17) is 9.15 Å². The minimum Gasteiger partial charge on any atom is -0.423 e. The zero-order chi connectivity index (χ0) is 11.5. The Labute approximate surface area is 95.6 Å². The summed E-state index contributed by atoms with van der Waals surface area (Å²) >= 11 is 0. The first-order valence-corrected chi connectivity index (χ1v) is 5.86. The fraction of sp³-hybridized carbons (Fsp3) is 0.818. The second-order valence-electron chi connectivity index (χ2n) is 4.30. The van der Waals surface area contributed by atoms with Crippen molar-refractivity contribution >= 4 is 0 Å². The molecular formula is C11H19N3O2. The third-order valence-corrected chi connectivity index (χ3v) is 3.06. The van der Waals surface area contributed by atoms with Gasteiger partial charge in [-0.3, -0.25) is 0 Å². The molecule has 5 nitrogen and oxygen atoms in total. The lowest BCUT2D eigenvalue weighted by atomic mass is 10.1. The maximum atomic E-state index is 5.70. The van der Waals surface area contributed by atoms with Crippen molar-refractivity contribution in [2.45, 2.75) is 44.8 Å². The molecule has 1 aromatic heterocycles. The van der Waals surface area contributed by atoms with Crippen LogP contribution in [0.15, 0.2) is 4.42 Å². The molecule has 0 aliphatic carbocycles. The summed E-state index contributed by atoms with van der Waals surface area (Å²) in [6.07, 6.45) is 2.21. The van der Waals surface area contributed by atoms with Crippen LogP contribution in [0.3, 0.4) is 0 Å². The van der Waals surface area contributed by atoms with Gasteiger partial charge >= 0.3 is 0 Å². The summed E-state index contributed by atoms with van der Waals surface area (Å²) < 4.78 is 11.2. The second-order valence-corrected chi connectivity index (χ2v) is 4.30. The van der Waals surface area contributed by atoms with Crippen LogP contribution in [-0.4, -0.2) is 30.0 Å².